The first-order valence-electron chi connectivity index (χ1n) is 6.46. The summed E-state index contributed by atoms with van der Waals surface area (Å²) in [6, 6.07) is 18.2. The van der Waals surface area contributed by atoms with Crippen molar-refractivity contribution in [3.63, 3.8) is 0 Å². The second-order valence-corrected chi connectivity index (χ2v) is 4.51. The summed E-state index contributed by atoms with van der Waals surface area (Å²) in [5.74, 6) is 0. The van der Waals surface area contributed by atoms with Gasteiger partial charge in [-0.2, -0.15) is 0 Å². The lowest BCUT2D eigenvalue weighted by Crippen LogP contribution is -1.89. The van der Waals surface area contributed by atoms with Crippen molar-refractivity contribution < 1.29 is 0 Å². The normalized spacial score (nSPS) is 10.2. The second kappa shape index (κ2) is 5.49. The minimum Gasteiger partial charge on any atom is -0.265 e. The van der Waals surface area contributed by atoms with E-state index in [2.05, 4.69) is 40.8 Å². The molecule has 2 aromatic heterocycles. The SMILES string of the molecule is C=C(c1ccc(-c2ccncc2)cc1)c1ccccn1. The van der Waals surface area contributed by atoms with Gasteiger partial charge in [-0.3, -0.25) is 9.97 Å². The topological polar surface area (TPSA) is 25.8 Å². The molecule has 1 aromatic carbocycles. The van der Waals surface area contributed by atoms with Crippen LogP contribution in [0.2, 0.25) is 0 Å². The van der Waals surface area contributed by atoms with Gasteiger partial charge in [-0.05, 0) is 41.0 Å². The van der Waals surface area contributed by atoms with Gasteiger partial charge in [-0.15, -0.1) is 0 Å². The third-order valence-electron chi connectivity index (χ3n) is 3.22. The quantitative estimate of drug-likeness (QED) is 0.703. The molecule has 96 valence electrons. The fourth-order valence-electron chi connectivity index (χ4n) is 2.10. The molecule has 0 saturated carbocycles. The Labute approximate surface area is 118 Å². The molecule has 0 radical (unpaired) electrons. The van der Waals surface area contributed by atoms with Crippen molar-refractivity contribution in [3.05, 3.63) is 91.0 Å². The summed E-state index contributed by atoms with van der Waals surface area (Å²) in [6.07, 6.45) is 5.39. The van der Waals surface area contributed by atoms with Crippen LogP contribution in [0, 0.1) is 0 Å². The van der Waals surface area contributed by atoms with Crippen molar-refractivity contribution >= 4 is 5.57 Å². The Bertz CT molecular complexity index is 701. The summed E-state index contributed by atoms with van der Waals surface area (Å²) >= 11 is 0. The maximum Gasteiger partial charge on any atom is 0.0701 e. The third-order valence-corrected chi connectivity index (χ3v) is 3.22. The molecule has 0 atom stereocenters. The number of pyridine rings is 2. The molecule has 0 fully saturated rings. The van der Waals surface area contributed by atoms with Crippen molar-refractivity contribution in [1.29, 1.82) is 0 Å². The molecule has 0 N–H and O–H groups in total. The molecule has 2 heterocycles. The maximum atomic E-state index is 4.33. The van der Waals surface area contributed by atoms with Gasteiger partial charge in [-0.25, -0.2) is 0 Å². The Morgan fingerprint density at radius 1 is 0.750 bits per heavy atom. The Balaban J connectivity index is 1.89. The van der Waals surface area contributed by atoms with E-state index in [1.807, 2.05) is 30.3 Å². The minimum absolute atomic E-state index is 0.907. The molecule has 0 saturated heterocycles. The van der Waals surface area contributed by atoms with E-state index in [1.54, 1.807) is 18.6 Å². The number of nitrogens with zero attached hydrogens (tertiary/aromatic N) is 2. The molecule has 0 aliphatic heterocycles. The van der Waals surface area contributed by atoms with Crippen LogP contribution in [0.3, 0.4) is 0 Å². The molecule has 2 heteroatoms. The molecule has 0 amide bonds. The minimum atomic E-state index is 0.907. The standard InChI is InChI=1S/C18H14N2/c1-14(18-4-2-3-11-20-18)15-5-7-16(8-6-15)17-9-12-19-13-10-17/h2-13H,1H2. The largest absolute Gasteiger partial charge is 0.265 e. The van der Waals surface area contributed by atoms with E-state index in [9.17, 15) is 0 Å². The lowest BCUT2D eigenvalue weighted by Gasteiger charge is -2.07. The van der Waals surface area contributed by atoms with Gasteiger partial charge in [0.1, 0.15) is 0 Å². The van der Waals surface area contributed by atoms with Crippen molar-refractivity contribution in [2.75, 3.05) is 0 Å². The lowest BCUT2D eigenvalue weighted by atomic mass is 10.00. The van der Waals surface area contributed by atoms with Crippen molar-refractivity contribution in [2.45, 2.75) is 0 Å². The van der Waals surface area contributed by atoms with E-state index in [4.69, 9.17) is 0 Å². The predicted molar refractivity (Wildman–Crippen MR) is 82.0 cm³/mol. The first-order chi connectivity index (χ1) is 9.84. The molecule has 2 nitrogen and oxygen atoms in total. The Kier molecular flexibility index (Phi) is 3.38. The molecule has 20 heavy (non-hydrogen) atoms. The summed E-state index contributed by atoms with van der Waals surface area (Å²) < 4.78 is 0. The zero-order valence-corrected chi connectivity index (χ0v) is 11.0. The molecule has 0 spiro atoms. The highest BCUT2D eigenvalue weighted by molar-refractivity contribution is 5.77. The van der Waals surface area contributed by atoms with Gasteiger partial charge >= 0.3 is 0 Å². The smallest absolute Gasteiger partial charge is 0.0701 e. The van der Waals surface area contributed by atoms with E-state index in [-0.39, 0.29) is 0 Å². The van der Waals surface area contributed by atoms with Crippen LogP contribution in [0.25, 0.3) is 16.7 Å². The van der Waals surface area contributed by atoms with Crippen molar-refractivity contribution in [3.8, 4) is 11.1 Å². The fourth-order valence-corrected chi connectivity index (χ4v) is 2.10. The van der Waals surface area contributed by atoms with E-state index < -0.39 is 0 Å². The number of hydrogen-bond acceptors (Lipinski definition) is 2. The van der Waals surface area contributed by atoms with Crippen LogP contribution in [0.5, 0.6) is 0 Å². The molecule has 0 aliphatic carbocycles. The van der Waals surface area contributed by atoms with Crippen molar-refractivity contribution in [2.24, 2.45) is 0 Å². The first-order valence-corrected chi connectivity index (χ1v) is 6.46. The van der Waals surface area contributed by atoms with Crippen LogP contribution < -0.4 is 0 Å². The van der Waals surface area contributed by atoms with Crippen LogP contribution in [-0.2, 0) is 0 Å². The monoisotopic (exact) mass is 258 g/mol. The summed E-state index contributed by atoms with van der Waals surface area (Å²) in [5, 5.41) is 0. The predicted octanol–water partition coefficient (Wildman–Crippen LogP) is 4.21. The van der Waals surface area contributed by atoms with Crippen LogP contribution in [-0.4, -0.2) is 9.97 Å². The zero-order chi connectivity index (χ0) is 13.8. The van der Waals surface area contributed by atoms with E-state index in [0.717, 1.165) is 22.4 Å². The Morgan fingerprint density at radius 3 is 2.10 bits per heavy atom. The summed E-state index contributed by atoms with van der Waals surface area (Å²) in [7, 11) is 0. The van der Waals surface area contributed by atoms with Crippen LogP contribution in [0.4, 0.5) is 0 Å². The molecule has 0 unspecified atom stereocenters. The highest BCUT2D eigenvalue weighted by atomic mass is 14.7. The Morgan fingerprint density at radius 2 is 1.45 bits per heavy atom. The zero-order valence-electron chi connectivity index (χ0n) is 11.0. The summed E-state index contributed by atoms with van der Waals surface area (Å²) in [6.45, 7) is 4.13. The number of benzene rings is 1. The number of hydrogen-bond donors (Lipinski definition) is 0. The van der Waals surface area contributed by atoms with Gasteiger partial charge in [0.25, 0.3) is 0 Å². The average Bonchev–Trinajstić information content (AvgIpc) is 2.56. The van der Waals surface area contributed by atoms with Gasteiger partial charge in [0.05, 0.1) is 5.69 Å². The van der Waals surface area contributed by atoms with Gasteiger partial charge in [-0.1, -0.05) is 36.9 Å². The van der Waals surface area contributed by atoms with Gasteiger partial charge in [0.2, 0.25) is 0 Å². The van der Waals surface area contributed by atoms with Crippen molar-refractivity contribution in [1.82, 2.24) is 9.97 Å². The first kappa shape index (κ1) is 12.3. The summed E-state index contributed by atoms with van der Waals surface area (Å²) in [5.41, 5.74) is 5.26. The van der Waals surface area contributed by atoms with E-state index in [0.29, 0.717) is 0 Å². The molecule has 0 bridgehead atoms. The molecule has 3 aromatic rings. The fraction of sp³-hybridized carbons (Fsp3) is 0. The summed E-state index contributed by atoms with van der Waals surface area (Å²) in [4.78, 5) is 8.36. The Hall–Kier alpha value is -2.74. The highest BCUT2D eigenvalue weighted by Crippen LogP contribution is 2.24. The number of aromatic nitrogens is 2. The van der Waals surface area contributed by atoms with Crippen LogP contribution >= 0.6 is 0 Å². The van der Waals surface area contributed by atoms with Gasteiger partial charge < -0.3 is 0 Å². The van der Waals surface area contributed by atoms with Gasteiger partial charge in [0.15, 0.2) is 0 Å². The van der Waals surface area contributed by atoms with E-state index >= 15 is 0 Å². The maximum absolute atomic E-state index is 4.33. The molecule has 0 aliphatic rings. The van der Waals surface area contributed by atoms with Crippen LogP contribution in [0.15, 0.2) is 79.8 Å². The number of rotatable bonds is 3. The van der Waals surface area contributed by atoms with Crippen LogP contribution in [0.1, 0.15) is 11.3 Å². The average molecular weight is 258 g/mol. The van der Waals surface area contributed by atoms with E-state index in [1.165, 1.54) is 5.56 Å². The molecular weight excluding hydrogens is 244 g/mol. The van der Waals surface area contributed by atoms with Gasteiger partial charge in [0, 0.05) is 24.2 Å². The molecular formula is C18H14N2. The molecule has 3 rings (SSSR count). The second-order valence-electron chi connectivity index (χ2n) is 4.51. The lowest BCUT2D eigenvalue weighted by molar-refractivity contribution is 1.27. The third kappa shape index (κ3) is 2.50. The highest BCUT2D eigenvalue weighted by Gasteiger charge is 2.03.